The van der Waals surface area contributed by atoms with Crippen LogP contribution in [0.3, 0.4) is 0 Å². The molecule has 0 aromatic carbocycles. The lowest BCUT2D eigenvalue weighted by molar-refractivity contribution is -0.146. The van der Waals surface area contributed by atoms with Crippen molar-refractivity contribution in [3.05, 3.63) is 0 Å². The molecule has 0 saturated carbocycles. The first-order valence-electron chi connectivity index (χ1n) is 4.82. The van der Waals surface area contributed by atoms with Crippen LogP contribution in [0, 0.1) is 5.92 Å². The SMILES string of the molecule is CC(C(=O)O)C(=O)NCCNC(=O)N(C)C. The topological polar surface area (TPSA) is 98.7 Å². The average Bonchev–Trinajstić information content (AvgIpc) is 2.22. The Morgan fingerprint density at radius 2 is 1.69 bits per heavy atom. The molecule has 0 aromatic heterocycles. The highest BCUT2D eigenvalue weighted by Crippen LogP contribution is 1.93. The van der Waals surface area contributed by atoms with E-state index in [1.165, 1.54) is 11.8 Å². The highest BCUT2D eigenvalue weighted by atomic mass is 16.4. The average molecular weight is 231 g/mol. The van der Waals surface area contributed by atoms with Crippen molar-refractivity contribution in [3.63, 3.8) is 0 Å². The molecule has 0 radical (unpaired) electrons. The molecule has 7 heteroatoms. The molecule has 16 heavy (non-hydrogen) atoms. The monoisotopic (exact) mass is 231 g/mol. The van der Waals surface area contributed by atoms with E-state index in [1.807, 2.05) is 0 Å². The first-order chi connectivity index (χ1) is 7.36. The van der Waals surface area contributed by atoms with Crippen LogP contribution < -0.4 is 10.6 Å². The predicted octanol–water partition coefficient (Wildman–Crippen LogP) is -0.905. The Hall–Kier alpha value is -1.79. The summed E-state index contributed by atoms with van der Waals surface area (Å²) in [5.74, 6) is -2.81. The van der Waals surface area contributed by atoms with Crippen LogP contribution in [0.1, 0.15) is 6.92 Å². The molecule has 0 fully saturated rings. The Kier molecular flexibility index (Phi) is 5.91. The number of amides is 3. The number of urea groups is 1. The lowest BCUT2D eigenvalue weighted by atomic mass is 10.2. The zero-order valence-electron chi connectivity index (χ0n) is 9.61. The summed E-state index contributed by atoms with van der Waals surface area (Å²) in [6.45, 7) is 1.77. The van der Waals surface area contributed by atoms with Crippen LogP contribution >= 0.6 is 0 Å². The summed E-state index contributed by atoms with van der Waals surface area (Å²) in [7, 11) is 3.20. The fourth-order valence-electron chi connectivity index (χ4n) is 0.778. The minimum absolute atomic E-state index is 0.204. The van der Waals surface area contributed by atoms with E-state index in [2.05, 4.69) is 10.6 Å². The number of hydrogen-bond acceptors (Lipinski definition) is 3. The van der Waals surface area contributed by atoms with Crippen molar-refractivity contribution in [2.24, 2.45) is 5.92 Å². The van der Waals surface area contributed by atoms with E-state index in [0.29, 0.717) is 0 Å². The van der Waals surface area contributed by atoms with Gasteiger partial charge in [0.05, 0.1) is 0 Å². The molecular weight excluding hydrogens is 214 g/mol. The summed E-state index contributed by atoms with van der Waals surface area (Å²) in [5.41, 5.74) is 0. The number of carbonyl (C=O) groups excluding carboxylic acids is 2. The third-order valence-corrected chi connectivity index (χ3v) is 1.87. The number of carboxylic acids is 1. The van der Waals surface area contributed by atoms with Crippen LogP contribution in [0.2, 0.25) is 0 Å². The second-order valence-electron chi connectivity index (χ2n) is 3.48. The van der Waals surface area contributed by atoms with Gasteiger partial charge in [-0.05, 0) is 6.92 Å². The van der Waals surface area contributed by atoms with Crippen molar-refractivity contribution in [1.82, 2.24) is 15.5 Å². The predicted molar refractivity (Wildman–Crippen MR) is 56.9 cm³/mol. The standard InChI is InChI=1S/C9H17N3O4/c1-6(8(14)15)7(13)10-4-5-11-9(16)12(2)3/h6H,4-5H2,1-3H3,(H,10,13)(H,11,16)(H,14,15). The molecule has 0 saturated heterocycles. The maximum absolute atomic E-state index is 11.1. The lowest BCUT2D eigenvalue weighted by Gasteiger charge is -2.12. The zero-order chi connectivity index (χ0) is 12.7. The number of carbonyl (C=O) groups is 3. The summed E-state index contributed by atoms with van der Waals surface area (Å²) in [4.78, 5) is 34.0. The molecule has 3 amide bonds. The molecule has 3 N–H and O–H groups in total. The van der Waals surface area contributed by atoms with Crippen LogP contribution in [0.5, 0.6) is 0 Å². The molecule has 0 spiro atoms. The van der Waals surface area contributed by atoms with Crippen LogP contribution in [-0.4, -0.2) is 55.1 Å². The van der Waals surface area contributed by atoms with Crippen LogP contribution in [0.4, 0.5) is 4.79 Å². The maximum Gasteiger partial charge on any atom is 0.316 e. The van der Waals surface area contributed by atoms with Crippen LogP contribution in [0.15, 0.2) is 0 Å². The molecule has 0 aromatic rings. The molecule has 0 aliphatic heterocycles. The normalized spacial score (nSPS) is 11.4. The zero-order valence-corrected chi connectivity index (χ0v) is 9.61. The van der Waals surface area contributed by atoms with E-state index in [0.717, 1.165) is 0 Å². The van der Waals surface area contributed by atoms with Crippen molar-refractivity contribution in [3.8, 4) is 0 Å². The molecule has 7 nitrogen and oxygen atoms in total. The molecule has 92 valence electrons. The van der Waals surface area contributed by atoms with Crippen molar-refractivity contribution in [1.29, 1.82) is 0 Å². The summed E-state index contributed by atoms with van der Waals surface area (Å²) in [5, 5.41) is 13.5. The Bertz CT molecular complexity index is 278. The lowest BCUT2D eigenvalue weighted by Crippen LogP contribution is -2.41. The number of carboxylic acid groups (broad SMARTS) is 1. The van der Waals surface area contributed by atoms with Gasteiger partial charge in [-0.1, -0.05) is 0 Å². The van der Waals surface area contributed by atoms with E-state index < -0.39 is 17.8 Å². The maximum atomic E-state index is 11.1. The summed E-state index contributed by atoms with van der Waals surface area (Å²) in [6.07, 6.45) is 0. The van der Waals surface area contributed by atoms with Gasteiger partial charge in [-0.3, -0.25) is 9.59 Å². The second kappa shape index (κ2) is 6.65. The van der Waals surface area contributed by atoms with Gasteiger partial charge in [0.15, 0.2) is 0 Å². The van der Waals surface area contributed by atoms with Crippen molar-refractivity contribution in [2.45, 2.75) is 6.92 Å². The smallest absolute Gasteiger partial charge is 0.316 e. The number of rotatable bonds is 5. The largest absolute Gasteiger partial charge is 0.481 e. The third-order valence-electron chi connectivity index (χ3n) is 1.87. The first kappa shape index (κ1) is 14.2. The Balaban J connectivity index is 3.71. The fraction of sp³-hybridized carbons (Fsp3) is 0.667. The summed E-state index contributed by atoms with van der Waals surface area (Å²) < 4.78 is 0. The Morgan fingerprint density at radius 3 is 2.12 bits per heavy atom. The quantitative estimate of drug-likeness (QED) is 0.421. The van der Waals surface area contributed by atoms with Crippen molar-refractivity contribution >= 4 is 17.9 Å². The number of aliphatic carboxylic acids is 1. The highest BCUT2D eigenvalue weighted by molar-refractivity contribution is 5.96. The van der Waals surface area contributed by atoms with Gasteiger partial charge in [-0.2, -0.15) is 0 Å². The Labute approximate surface area is 93.8 Å². The minimum Gasteiger partial charge on any atom is -0.481 e. The highest BCUT2D eigenvalue weighted by Gasteiger charge is 2.19. The molecule has 1 unspecified atom stereocenters. The van der Waals surface area contributed by atoms with Gasteiger partial charge in [0.2, 0.25) is 5.91 Å². The molecule has 0 heterocycles. The molecular formula is C9H17N3O4. The molecule has 0 bridgehead atoms. The van der Waals surface area contributed by atoms with Crippen LogP contribution in [0.25, 0.3) is 0 Å². The first-order valence-corrected chi connectivity index (χ1v) is 4.82. The van der Waals surface area contributed by atoms with Gasteiger partial charge in [0.1, 0.15) is 5.92 Å². The van der Waals surface area contributed by atoms with Gasteiger partial charge in [-0.15, -0.1) is 0 Å². The van der Waals surface area contributed by atoms with E-state index in [4.69, 9.17) is 5.11 Å². The number of hydrogen-bond donors (Lipinski definition) is 3. The van der Waals surface area contributed by atoms with Gasteiger partial charge in [0, 0.05) is 27.2 Å². The molecule has 1 atom stereocenters. The van der Waals surface area contributed by atoms with Crippen molar-refractivity contribution < 1.29 is 19.5 Å². The van der Waals surface area contributed by atoms with E-state index in [-0.39, 0.29) is 19.1 Å². The van der Waals surface area contributed by atoms with Gasteiger partial charge >= 0.3 is 12.0 Å². The number of nitrogens with one attached hydrogen (secondary N) is 2. The minimum atomic E-state index is -1.17. The van der Waals surface area contributed by atoms with Gasteiger partial charge in [0.25, 0.3) is 0 Å². The van der Waals surface area contributed by atoms with Crippen LogP contribution in [-0.2, 0) is 9.59 Å². The van der Waals surface area contributed by atoms with Crippen molar-refractivity contribution in [2.75, 3.05) is 27.2 Å². The molecule has 0 aliphatic carbocycles. The fourth-order valence-corrected chi connectivity index (χ4v) is 0.778. The summed E-state index contributed by atoms with van der Waals surface area (Å²) in [6, 6.07) is -0.263. The second-order valence-corrected chi connectivity index (χ2v) is 3.48. The third kappa shape index (κ3) is 5.18. The number of nitrogens with zero attached hydrogens (tertiary/aromatic N) is 1. The van der Waals surface area contributed by atoms with E-state index >= 15 is 0 Å². The summed E-state index contributed by atoms with van der Waals surface area (Å²) >= 11 is 0. The van der Waals surface area contributed by atoms with E-state index in [9.17, 15) is 14.4 Å². The molecule has 0 aliphatic rings. The Morgan fingerprint density at radius 1 is 1.19 bits per heavy atom. The van der Waals surface area contributed by atoms with E-state index in [1.54, 1.807) is 14.1 Å². The van der Waals surface area contributed by atoms with Gasteiger partial charge < -0.3 is 20.6 Å². The molecule has 0 rings (SSSR count). The van der Waals surface area contributed by atoms with Gasteiger partial charge in [-0.25, -0.2) is 4.79 Å².